The first kappa shape index (κ1) is 14.1. The molecular formula is C19H15FN2. The molecule has 0 saturated heterocycles. The van der Waals surface area contributed by atoms with Gasteiger partial charge < -0.3 is 0 Å². The van der Waals surface area contributed by atoms with Gasteiger partial charge in [0.25, 0.3) is 0 Å². The van der Waals surface area contributed by atoms with Gasteiger partial charge in [-0.1, -0.05) is 43.0 Å². The molecule has 0 spiro atoms. The minimum atomic E-state index is -0.266. The first-order valence-electron chi connectivity index (χ1n) is 7.01. The number of hydrogen-bond donors (Lipinski definition) is 0. The van der Waals surface area contributed by atoms with E-state index in [0.717, 1.165) is 28.1 Å². The smallest absolute Gasteiger partial charge is 0.160 e. The Labute approximate surface area is 129 Å². The van der Waals surface area contributed by atoms with Crippen molar-refractivity contribution in [2.24, 2.45) is 0 Å². The summed E-state index contributed by atoms with van der Waals surface area (Å²) in [6, 6.07) is 16.1. The van der Waals surface area contributed by atoms with E-state index >= 15 is 0 Å². The third kappa shape index (κ3) is 2.66. The van der Waals surface area contributed by atoms with Crippen molar-refractivity contribution in [2.75, 3.05) is 0 Å². The van der Waals surface area contributed by atoms with Gasteiger partial charge in [0.15, 0.2) is 5.82 Å². The summed E-state index contributed by atoms with van der Waals surface area (Å²) in [5.41, 5.74) is 4.28. The second-order valence-corrected chi connectivity index (χ2v) is 4.97. The first-order chi connectivity index (χ1) is 10.7. The van der Waals surface area contributed by atoms with E-state index in [-0.39, 0.29) is 5.82 Å². The fourth-order valence-corrected chi connectivity index (χ4v) is 2.37. The van der Waals surface area contributed by atoms with E-state index in [1.165, 1.54) is 12.1 Å². The minimum absolute atomic E-state index is 0.266. The van der Waals surface area contributed by atoms with Crippen molar-refractivity contribution in [2.45, 2.75) is 6.92 Å². The van der Waals surface area contributed by atoms with Gasteiger partial charge in [-0.2, -0.15) is 0 Å². The van der Waals surface area contributed by atoms with Crippen LogP contribution in [0.2, 0.25) is 0 Å². The maximum absolute atomic E-state index is 13.2. The normalized spacial score (nSPS) is 10.5. The van der Waals surface area contributed by atoms with E-state index in [4.69, 9.17) is 0 Å². The molecule has 0 atom stereocenters. The highest BCUT2D eigenvalue weighted by atomic mass is 19.1. The third-order valence-electron chi connectivity index (χ3n) is 3.49. The minimum Gasteiger partial charge on any atom is -0.233 e. The van der Waals surface area contributed by atoms with Crippen LogP contribution in [-0.4, -0.2) is 9.97 Å². The van der Waals surface area contributed by atoms with E-state index in [1.54, 1.807) is 18.2 Å². The van der Waals surface area contributed by atoms with Gasteiger partial charge in [-0.05, 0) is 31.2 Å². The van der Waals surface area contributed by atoms with Crippen LogP contribution in [0.5, 0.6) is 0 Å². The average Bonchev–Trinajstić information content (AvgIpc) is 2.55. The van der Waals surface area contributed by atoms with E-state index in [9.17, 15) is 4.39 Å². The van der Waals surface area contributed by atoms with E-state index in [0.29, 0.717) is 5.82 Å². The Hall–Kier alpha value is -2.81. The molecule has 1 heterocycles. The van der Waals surface area contributed by atoms with Gasteiger partial charge in [0.05, 0.1) is 5.69 Å². The van der Waals surface area contributed by atoms with Gasteiger partial charge >= 0.3 is 0 Å². The van der Waals surface area contributed by atoms with Crippen LogP contribution in [0, 0.1) is 12.7 Å². The van der Waals surface area contributed by atoms with Gasteiger partial charge in [0.1, 0.15) is 5.82 Å². The summed E-state index contributed by atoms with van der Waals surface area (Å²) in [5, 5.41) is 0. The number of aryl methyl sites for hydroxylation is 1. The van der Waals surface area contributed by atoms with Crippen LogP contribution in [0.3, 0.4) is 0 Å². The van der Waals surface area contributed by atoms with Crippen molar-refractivity contribution in [1.29, 1.82) is 0 Å². The topological polar surface area (TPSA) is 25.8 Å². The Morgan fingerprint density at radius 2 is 1.59 bits per heavy atom. The zero-order valence-electron chi connectivity index (χ0n) is 12.3. The number of nitrogens with zero attached hydrogens (tertiary/aromatic N) is 2. The summed E-state index contributed by atoms with van der Waals surface area (Å²) in [4.78, 5) is 9.23. The van der Waals surface area contributed by atoms with E-state index in [2.05, 4.69) is 16.5 Å². The summed E-state index contributed by atoms with van der Waals surface area (Å²) < 4.78 is 13.2. The van der Waals surface area contributed by atoms with Gasteiger partial charge in [-0.3, -0.25) is 0 Å². The van der Waals surface area contributed by atoms with Crippen LogP contribution in [-0.2, 0) is 0 Å². The highest BCUT2D eigenvalue weighted by Gasteiger charge is 2.12. The summed E-state index contributed by atoms with van der Waals surface area (Å²) in [6.45, 7) is 5.77. The van der Waals surface area contributed by atoms with Crippen LogP contribution in [0.15, 0.2) is 61.2 Å². The lowest BCUT2D eigenvalue weighted by Gasteiger charge is -2.11. The highest BCUT2D eigenvalue weighted by Crippen LogP contribution is 2.27. The zero-order valence-corrected chi connectivity index (χ0v) is 12.3. The Morgan fingerprint density at radius 3 is 2.23 bits per heavy atom. The molecule has 2 aromatic carbocycles. The second-order valence-electron chi connectivity index (χ2n) is 4.97. The van der Waals surface area contributed by atoms with Crippen molar-refractivity contribution >= 4 is 6.08 Å². The molecule has 0 N–H and O–H groups in total. The first-order valence-corrected chi connectivity index (χ1v) is 7.01. The monoisotopic (exact) mass is 290 g/mol. The molecule has 108 valence electrons. The van der Waals surface area contributed by atoms with Crippen LogP contribution in [0.4, 0.5) is 4.39 Å². The molecule has 0 fully saturated rings. The number of halogens is 1. The quantitative estimate of drug-likeness (QED) is 0.685. The Bertz CT molecular complexity index is 809. The summed E-state index contributed by atoms with van der Waals surface area (Å²) in [6.07, 6.45) is 1.74. The van der Waals surface area contributed by atoms with E-state index < -0.39 is 0 Å². The summed E-state index contributed by atoms with van der Waals surface area (Å²) in [7, 11) is 0. The molecule has 0 saturated carbocycles. The second kappa shape index (κ2) is 5.90. The van der Waals surface area contributed by atoms with Gasteiger partial charge in [-0.15, -0.1) is 0 Å². The highest BCUT2D eigenvalue weighted by molar-refractivity contribution is 5.74. The van der Waals surface area contributed by atoms with Crippen LogP contribution in [0.1, 0.15) is 11.3 Å². The summed E-state index contributed by atoms with van der Waals surface area (Å²) in [5.74, 6) is 0.390. The standard InChI is InChI=1S/C19H15FN2/c1-3-17-13(2)21-19(15-7-5-4-6-8-15)22-18(17)14-9-11-16(20)12-10-14/h3-12H,1H2,2H3. The fraction of sp³-hybridized carbons (Fsp3) is 0.0526. The molecule has 3 heteroatoms. The number of aromatic nitrogens is 2. The molecule has 0 bridgehead atoms. The molecule has 2 nitrogen and oxygen atoms in total. The Kier molecular flexibility index (Phi) is 3.79. The molecule has 3 rings (SSSR count). The molecule has 22 heavy (non-hydrogen) atoms. The molecule has 0 amide bonds. The van der Waals surface area contributed by atoms with Gasteiger partial charge in [-0.25, -0.2) is 14.4 Å². The number of hydrogen-bond acceptors (Lipinski definition) is 2. The molecule has 0 aliphatic heterocycles. The maximum atomic E-state index is 13.2. The van der Waals surface area contributed by atoms with Gasteiger partial charge in [0, 0.05) is 22.4 Å². The SMILES string of the molecule is C=Cc1c(C)nc(-c2ccccc2)nc1-c1ccc(F)cc1. The number of benzene rings is 2. The van der Waals surface area contributed by atoms with Crippen LogP contribution < -0.4 is 0 Å². The van der Waals surface area contributed by atoms with Crippen molar-refractivity contribution < 1.29 is 4.39 Å². The molecule has 0 aliphatic carbocycles. The summed E-state index contributed by atoms with van der Waals surface area (Å²) >= 11 is 0. The molecule has 0 unspecified atom stereocenters. The lowest BCUT2D eigenvalue weighted by Crippen LogP contribution is -1.99. The van der Waals surface area contributed by atoms with Crippen LogP contribution >= 0.6 is 0 Å². The predicted octanol–water partition coefficient (Wildman–Crippen LogP) is 4.90. The van der Waals surface area contributed by atoms with Crippen LogP contribution in [0.25, 0.3) is 28.7 Å². The lowest BCUT2D eigenvalue weighted by molar-refractivity contribution is 0.628. The van der Waals surface area contributed by atoms with Crippen molar-refractivity contribution in [3.63, 3.8) is 0 Å². The van der Waals surface area contributed by atoms with Crippen molar-refractivity contribution in [3.8, 4) is 22.6 Å². The molecule has 0 radical (unpaired) electrons. The molecular weight excluding hydrogens is 275 g/mol. The molecule has 3 aromatic rings. The average molecular weight is 290 g/mol. The molecule has 1 aromatic heterocycles. The Morgan fingerprint density at radius 1 is 0.909 bits per heavy atom. The largest absolute Gasteiger partial charge is 0.233 e. The maximum Gasteiger partial charge on any atom is 0.160 e. The zero-order chi connectivity index (χ0) is 15.5. The third-order valence-corrected chi connectivity index (χ3v) is 3.49. The Balaban J connectivity index is 2.21. The fourth-order valence-electron chi connectivity index (χ4n) is 2.37. The van der Waals surface area contributed by atoms with Crippen molar-refractivity contribution in [1.82, 2.24) is 9.97 Å². The van der Waals surface area contributed by atoms with E-state index in [1.807, 2.05) is 37.3 Å². The lowest BCUT2D eigenvalue weighted by atomic mass is 10.0. The van der Waals surface area contributed by atoms with Gasteiger partial charge in [0.2, 0.25) is 0 Å². The predicted molar refractivity (Wildman–Crippen MR) is 87.7 cm³/mol. The van der Waals surface area contributed by atoms with Crippen molar-refractivity contribution in [3.05, 3.63) is 78.3 Å². The molecule has 0 aliphatic rings. The number of rotatable bonds is 3.